The van der Waals surface area contributed by atoms with Crippen LogP contribution in [0.4, 0.5) is 4.79 Å². The van der Waals surface area contributed by atoms with Gasteiger partial charge < -0.3 is 15.7 Å². The quantitative estimate of drug-likeness (QED) is 0.640. The first-order valence-electron chi connectivity index (χ1n) is 5.80. The van der Waals surface area contributed by atoms with Crippen LogP contribution in [0, 0.1) is 18.3 Å². The van der Waals surface area contributed by atoms with Gasteiger partial charge in [-0.25, -0.2) is 4.79 Å². The monoisotopic (exact) mass is 238 g/mol. The SMILES string of the molecule is C#CC(C)NC(=O)NC1CCCCC1C(=O)O. The zero-order valence-corrected chi connectivity index (χ0v) is 9.90. The third-order valence-corrected chi connectivity index (χ3v) is 3.00. The van der Waals surface area contributed by atoms with E-state index in [1.54, 1.807) is 6.92 Å². The van der Waals surface area contributed by atoms with E-state index in [2.05, 4.69) is 16.6 Å². The van der Waals surface area contributed by atoms with Crippen molar-refractivity contribution in [2.75, 3.05) is 0 Å². The average molecular weight is 238 g/mol. The first kappa shape index (κ1) is 13.4. The summed E-state index contributed by atoms with van der Waals surface area (Å²) in [6, 6.07) is -1.05. The molecule has 3 atom stereocenters. The van der Waals surface area contributed by atoms with E-state index < -0.39 is 17.9 Å². The van der Waals surface area contributed by atoms with Crippen molar-refractivity contribution in [2.24, 2.45) is 5.92 Å². The Kier molecular flexibility index (Phi) is 4.83. The van der Waals surface area contributed by atoms with Crippen LogP contribution in [0.5, 0.6) is 0 Å². The molecule has 17 heavy (non-hydrogen) atoms. The zero-order valence-electron chi connectivity index (χ0n) is 9.90. The second-order valence-corrected chi connectivity index (χ2v) is 4.34. The van der Waals surface area contributed by atoms with Gasteiger partial charge in [0.05, 0.1) is 12.0 Å². The third-order valence-electron chi connectivity index (χ3n) is 3.00. The molecule has 0 heterocycles. The smallest absolute Gasteiger partial charge is 0.315 e. The number of terminal acetylenes is 1. The predicted molar refractivity (Wildman–Crippen MR) is 63.3 cm³/mol. The number of nitrogens with one attached hydrogen (secondary N) is 2. The Morgan fingerprint density at radius 3 is 2.65 bits per heavy atom. The number of rotatable bonds is 3. The molecule has 2 amide bonds. The number of carboxylic acid groups (broad SMARTS) is 1. The molecule has 5 heteroatoms. The van der Waals surface area contributed by atoms with Crippen molar-refractivity contribution in [1.29, 1.82) is 0 Å². The summed E-state index contributed by atoms with van der Waals surface area (Å²) in [6.45, 7) is 1.69. The fourth-order valence-electron chi connectivity index (χ4n) is 2.05. The van der Waals surface area contributed by atoms with Gasteiger partial charge in [0, 0.05) is 6.04 Å². The first-order chi connectivity index (χ1) is 8.04. The van der Waals surface area contributed by atoms with Gasteiger partial charge in [0.25, 0.3) is 0 Å². The van der Waals surface area contributed by atoms with Gasteiger partial charge >= 0.3 is 12.0 Å². The van der Waals surface area contributed by atoms with Crippen LogP contribution >= 0.6 is 0 Å². The summed E-state index contributed by atoms with van der Waals surface area (Å²) in [5.74, 6) is 1.04. The number of amides is 2. The molecule has 0 aromatic rings. The summed E-state index contributed by atoms with van der Waals surface area (Å²) in [7, 11) is 0. The van der Waals surface area contributed by atoms with Crippen LogP contribution in [-0.4, -0.2) is 29.2 Å². The number of urea groups is 1. The lowest BCUT2D eigenvalue weighted by Crippen LogP contribution is -2.50. The highest BCUT2D eigenvalue weighted by atomic mass is 16.4. The molecular formula is C12H18N2O3. The van der Waals surface area contributed by atoms with Crippen LogP contribution in [0.3, 0.4) is 0 Å². The van der Waals surface area contributed by atoms with Crippen molar-refractivity contribution in [2.45, 2.75) is 44.7 Å². The lowest BCUT2D eigenvalue weighted by atomic mass is 9.84. The zero-order chi connectivity index (χ0) is 12.8. The highest BCUT2D eigenvalue weighted by molar-refractivity contribution is 5.77. The molecule has 0 spiro atoms. The van der Waals surface area contributed by atoms with E-state index in [0.29, 0.717) is 12.8 Å². The topological polar surface area (TPSA) is 78.4 Å². The minimum atomic E-state index is -0.847. The van der Waals surface area contributed by atoms with E-state index in [4.69, 9.17) is 11.5 Å². The van der Waals surface area contributed by atoms with Gasteiger partial charge in [0.2, 0.25) is 0 Å². The van der Waals surface area contributed by atoms with Crippen molar-refractivity contribution in [1.82, 2.24) is 10.6 Å². The predicted octanol–water partition coefficient (Wildman–Crippen LogP) is 0.951. The maximum Gasteiger partial charge on any atom is 0.315 e. The molecule has 0 aliphatic heterocycles. The van der Waals surface area contributed by atoms with Crippen LogP contribution < -0.4 is 10.6 Å². The van der Waals surface area contributed by atoms with Crippen molar-refractivity contribution in [3.05, 3.63) is 0 Å². The maximum absolute atomic E-state index is 11.5. The summed E-state index contributed by atoms with van der Waals surface area (Å²) in [6.07, 6.45) is 8.31. The number of hydrogen-bond acceptors (Lipinski definition) is 2. The van der Waals surface area contributed by atoms with Crippen LogP contribution in [-0.2, 0) is 4.79 Å². The molecule has 1 rings (SSSR count). The molecule has 94 valence electrons. The molecule has 3 N–H and O–H groups in total. The van der Waals surface area contributed by atoms with Crippen molar-refractivity contribution in [3.8, 4) is 12.3 Å². The molecular weight excluding hydrogens is 220 g/mol. The number of carboxylic acids is 1. The van der Waals surface area contributed by atoms with Crippen LogP contribution in [0.25, 0.3) is 0 Å². The van der Waals surface area contributed by atoms with Crippen LogP contribution in [0.1, 0.15) is 32.6 Å². The second-order valence-electron chi connectivity index (χ2n) is 4.34. The Bertz CT molecular complexity index is 335. The van der Waals surface area contributed by atoms with E-state index in [-0.39, 0.29) is 12.1 Å². The minimum Gasteiger partial charge on any atom is -0.481 e. The van der Waals surface area contributed by atoms with Gasteiger partial charge in [-0.2, -0.15) is 0 Å². The Morgan fingerprint density at radius 2 is 2.06 bits per heavy atom. The largest absolute Gasteiger partial charge is 0.481 e. The van der Waals surface area contributed by atoms with Gasteiger partial charge in [-0.15, -0.1) is 6.42 Å². The summed E-state index contributed by atoms with van der Waals surface area (Å²) >= 11 is 0. The van der Waals surface area contributed by atoms with E-state index in [1.165, 1.54) is 0 Å². The van der Waals surface area contributed by atoms with E-state index in [0.717, 1.165) is 12.8 Å². The Labute approximate surface area is 101 Å². The van der Waals surface area contributed by atoms with E-state index in [1.807, 2.05) is 0 Å². The summed E-state index contributed by atoms with van der Waals surface area (Å²) in [5.41, 5.74) is 0. The molecule has 0 aromatic carbocycles. The van der Waals surface area contributed by atoms with Crippen LogP contribution in [0.15, 0.2) is 0 Å². The summed E-state index contributed by atoms with van der Waals surface area (Å²) in [5, 5.41) is 14.3. The lowest BCUT2D eigenvalue weighted by Gasteiger charge is -2.29. The normalized spacial score (nSPS) is 25.4. The molecule has 0 radical (unpaired) electrons. The fourth-order valence-corrected chi connectivity index (χ4v) is 2.05. The summed E-state index contributed by atoms with van der Waals surface area (Å²) < 4.78 is 0. The van der Waals surface area contributed by atoms with Crippen molar-refractivity contribution >= 4 is 12.0 Å². The number of carbonyl (C=O) groups excluding carboxylic acids is 1. The standard InChI is InChI=1S/C12H18N2O3/c1-3-8(2)13-12(17)14-10-7-5-4-6-9(10)11(15)16/h1,8-10H,4-7H2,2H3,(H,15,16)(H2,13,14,17). The molecule has 1 fully saturated rings. The Hall–Kier alpha value is -1.70. The molecule has 5 nitrogen and oxygen atoms in total. The maximum atomic E-state index is 11.5. The molecule has 1 aliphatic carbocycles. The molecule has 1 saturated carbocycles. The minimum absolute atomic E-state index is 0.300. The molecule has 0 saturated heterocycles. The van der Waals surface area contributed by atoms with Crippen molar-refractivity contribution < 1.29 is 14.7 Å². The number of carbonyl (C=O) groups is 2. The Morgan fingerprint density at radius 1 is 1.41 bits per heavy atom. The first-order valence-corrected chi connectivity index (χ1v) is 5.80. The molecule has 0 aromatic heterocycles. The summed E-state index contributed by atoms with van der Waals surface area (Å²) in [4.78, 5) is 22.6. The Balaban J connectivity index is 2.51. The van der Waals surface area contributed by atoms with Gasteiger partial charge in [-0.3, -0.25) is 4.79 Å². The second kappa shape index (κ2) is 6.14. The van der Waals surface area contributed by atoms with Crippen LogP contribution in [0.2, 0.25) is 0 Å². The molecule has 1 aliphatic rings. The third kappa shape index (κ3) is 3.99. The number of hydrogen-bond donors (Lipinski definition) is 3. The van der Waals surface area contributed by atoms with E-state index in [9.17, 15) is 9.59 Å². The molecule has 3 unspecified atom stereocenters. The van der Waals surface area contributed by atoms with Crippen molar-refractivity contribution in [3.63, 3.8) is 0 Å². The highest BCUT2D eigenvalue weighted by Gasteiger charge is 2.31. The lowest BCUT2D eigenvalue weighted by molar-refractivity contribution is -0.143. The fraction of sp³-hybridized carbons (Fsp3) is 0.667. The van der Waals surface area contributed by atoms with Gasteiger partial charge in [0.1, 0.15) is 0 Å². The highest BCUT2D eigenvalue weighted by Crippen LogP contribution is 2.24. The average Bonchev–Trinajstić information content (AvgIpc) is 2.29. The van der Waals surface area contributed by atoms with Gasteiger partial charge in [0.15, 0.2) is 0 Å². The number of aliphatic carboxylic acids is 1. The van der Waals surface area contributed by atoms with E-state index >= 15 is 0 Å². The van der Waals surface area contributed by atoms with Gasteiger partial charge in [-0.1, -0.05) is 18.8 Å². The molecule has 0 bridgehead atoms. The van der Waals surface area contributed by atoms with Gasteiger partial charge in [-0.05, 0) is 19.8 Å².